The highest BCUT2D eigenvalue weighted by atomic mass is 32.2. The number of hydrogen-bond acceptors (Lipinski definition) is 3. The molecule has 0 bridgehead atoms. The molecule has 0 amide bonds. The fraction of sp³-hybridized carbons (Fsp3) is 0.143. The lowest BCUT2D eigenvalue weighted by atomic mass is 10.2. The van der Waals surface area contributed by atoms with Gasteiger partial charge in [0.05, 0.1) is 5.75 Å². The molecule has 1 aromatic heterocycles. The summed E-state index contributed by atoms with van der Waals surface area (Å²) in [4.78, 5) is 16.9. The minimum Gasteiger partial charge on any atom is -0.298 e. The molecule has 86 valence electrons. The molecule has 0 aliphatic heterocycles. The number of thioether (sulfide) groups is 1. The largest absolute Gasteiger partial charge is 0.298 e. The second kappa shape index (κ2) is 6.21. The summed E-state index contributed by atoms with van der Waals surface area (Å²) in [7, 11) is 0. The van der Waals surface area contributed by atoms with Crippen molar-refractivity contribution in [2.45, 2.75) is 11.3 Å². The monoisotopic (exact) mass is 243 g/mol. The Morgan fingerprint density at radius 3 is 2.65 bits per heavy atom. The number of pyridine rings is 1. The molecule has 2 nitrogen and oxygen atoms in total. The van der Waals surface area contributed by atoms with Crippen LogP contribution in [0.2, 0.25) is 0 Å². The maximum absolute atomic E-state index is 11.7. The molecule has 0 atom stereocenters. The summed E-state index contributed by atoms with van der Waals surface area (Å²) in [6.07, 6.45) is 3.92. The van der Waals surface area contributed by atoms with Gasteiger partial charge in [-0.1, -0.05) is 24.3 Å². The van der Waals surface area contributed by atoms with Gasteiger partial charge in [-0.2, -0.15) is 0 Å². The van der Waals surface area contributed by atoms with Crippen molar-refractivity contribution >= 4 is 17.5 Å². The molecule has 0 saturated heterocycles. The Morgan fingerprint density at radius 2 is 1.94 bits per heavy atom. The molecule has 0 spiro atoms. The molecular weight excluding hydrogens is 230 g/mol. The SMILES string of the molecule is O=C(CSc1ccccc1)Cc1cccnc1. The van der Waals surface area contributed by atoms with Crippen molar-refractivity contribution in [3.8, 4) is 0 Å². The fourth-order valence-electron chi connectivity index (χ4n) is 1.46. The number of aromatic nitrogens is 1. The van der Waals surface area contributed by atoms with Crippen molar-refractivity contribution < 1.29 is 4.79 Å². The third-order valence-electron chi connectivity index (χ3n) is 2.27. The Balaban J connectivity index is 1.83. The van der Waals surface area contributed by atoms with Crippen LogP contribution >= 0.6 is 11.8 Å². The molecule has 3 heteroatoms. The van der Waals surface area contributed by atoms with E-state index in [1.54, 1.807) is 24.2 Å². The molecule has 0 aliphatic rings. The lowest BCUT2D eigenvalue weighted by molar-refractivity contribution is -0.116. The van der Waals surface area contributed by atoms with Gasteiger partial charge in [-0.3, -0.25) is 9.78 Å². The van der Waals surface area contributed by atoms with E-state index in [1.807, 2.05) is 42.5 Å². The molecule has 0 saturated carbocycles. The maximum atomic E-state index is 11.7. The van der Waals surface area contributed by atoms with Crippen LogP contribution in [0.15, 0.2) is 59.8 Å². The number of carbonyl (C=O) groups excluding carboxylic acids is 1. The summed E-state index contributed by atoms with van der Waals surface area (Å²) >= 11 is 1.58. The predicted octanol–water partition coefficient (Wildman–Crippen LogP) is 2.99. The van der Waals surface area contributed by atoms with Crippen LogP contribution in [0.4, 0.5) is 0 Å². The Kier molecular flexibility index (Phi) is 4.33. The molecular formula is C14H13NOS. The zero-order chi connectivity index (χ0) is 11.9. The molecule has 0 N–H and O–H groups in total. The van der Waals surface area contributed by atoms with Gasteiger partial charge in [-0.25, -0.2) is 0 Å². The van der Waals surface area contributed by atoms with E-state index >= 15 is 0 Å². The number of benzene rings is 1. The third kappa shape index (κ3) is 4.04. The molecule has 17 heavy (non-hydrogen) atoms. The second-order valence-electron chi connectivity index (χ2n) is 3.68. The first kappa shape index (κ1) is 11.9. The molecule has 2 rings (SSSR count). The first-order valence-electron chi connectivity index (χ1n) is 5.43. The Labute approximate surface area is 105 Å². The van der Waals surface area contributed by atoms with Gasteiger partial charge in [0.25, 0.3) is 0 Å². The summed E-state index contributed by atoms with van der Waals surface area (Å²) in [5.74, 6) is 0.741. The highest BCUT2D eigenvalue weighted by molar-refractivity contribution is 8.00. The number of Topliss-reactive ketones (excluding diaryl/α,β-unsaturated/α-hetero) is 1. The minimum atomic E-state index is 0.229. The topological polar surface area (TPSA) is 30.0 Å². The van der Waals surface area contributed by atoms with Crippen molar-refractivity contribution in [1.82, 2.24) is 4.98 Å². The van der Waals surface area contributed by atoms with E-state index in [0.29, 0.717) is 12.2 Å². The van der Waals surface area contributed by atoms with Gasteiger partial charge < -0.3 is 0 Å². The van der Waals surface area contributed by atoms with E-state index < -0.39 is 0 Å². The number of hydrogen-bond donors (Lipinski definition) is 0. The van der Waals surface area contributed by atoms with Crippen LogP contribution in [-0.2, 0) is 11.2 Å². The highest BCUT2D eigenvalue weighted by Crippen LogP contribution is 2.17. The van der Waals surface area contributed by atoms with Crippen molar-refractivity contribution in [3.63, 3.8) is 0 Å². The van der Waals surface area contributed by atoms with E-state index in [9.17, 15) is 4.79 Å². The zero-order valence-electron chi connectivity index (χ0n) is 9.37. The highest BCUT2D eigenvalue weighted by Gasteiger charge is 2.04. The van der Waals surface area contributed by atoms with Gasteiger partial charge in [0.2, 0.25) is 0 Å². The van der Waals surface area contributed by atoms with E-state index in [2.05, 4.69) is 4.98 Å². The van der Waals surface area contributed by atoms with Gasteiger partial charge in [0.1, 0.15) is 5.78 Å². The third-order valence-corrected chi connectivity index (χ3v) is 3.34. The summed E-state index contributed by atoms with van der Waals surface area (Å²) in [6.45, 7) is 0. The van der Waals surface area contributed by atoms with Crippen LogP contribution in [0.1, 0.15) is 5.56 Å². The number of nitrogens with zero attached hydrogens (tertiary/aromatic N) is 1. The Hall–Kier alpha value is -1.61. The number of rotatable bonds is 5. The molecule has 0 radical (unpaired) electrons. The molecule has 0 fully saturated rings. The summed E-state index contributed by atoms with van der Waals surface area (Å²) in [5, 5.41) is 0. The van der Waals surface area contributed by atoms with Crippen LogP contribution < -0.4 is 0 Å². The maximum Gasteiger partial charge on any atom is 0.147 e. The average molecular weight is 243 g/mol. The van der Waals surface area contributed by atoms with Crippen LogP contribution in [-0.4, -0.2) is 16.5 Å². The van der Waals surface area contributed by atoms with Gasteiger partial charge in [-0.05, 0) is 23.8 Å². The van der Waals surface area contributed by atoms with Gasteiger partial charge in [-0.15, -0.1) is 11.8 Å². The predicted molar refractivity (Wildman–Crippen MR) is 70.1 cm³/mol. The van der Waals surface area contributed by atoms with Crippen LogP contribution in [0.25, 0.3) is 0 Å². The summed E-state index contributed by atoms with van der Waals surface area (Å²) in [5.41, 5.74) is 0.978. The first-order valence-corrected chi connectivity index (χ1v) is 6.41. The van der Waals surface area contributed by atoms with E-state index in [1.165, 1.54) is 0 Å². The van der Waals surface area contributed by atoms with Crippen LogP contribution in [0, 0.1) is 0 Å². The minimum absolute atomic E-state index is 0.229. The zero-order valence-corrected chi connectivity index (χ0v) is 10.2. The lowest BCUT2D eigenvalue weighted by Gasteiger charge is -2.01. The first-order chi connectivity index (χ1) is 8.34. The molecule has 1 aromatic carbocycles. The van der Waals surface area contributed by atoms with Crippen molar-refractivity contribution in [2.75, 3.05) is 5.75 Å². The number of ketones is 1. The molecule has 2 aromatic rings. The Bertz CT molecular complexity index is 470. The normalized spacial score (nSPS) is 10.1. The summed E-state index contributed by atoms with van der Waals surface area (Å²) < 4.78 is 0. The van der Waals surface area contributed by atoms with E-state index in [-0.39, 0.29) is 5.78 Å². The van der Waals surface area contributed by atoms with E-state index in [4.69, 9.17) is 0 Å². The van der Waals surface area contributed by atoms with Crippen molar-refractivity contribution in [3.05, 3.63) is 60.4 Å². The van der Waals surface area contributed by atoms with E-state index in [0.717, 1.165) is 10.5 Å². The van der Waals surface area contributed by atoms with Crippen molar-refractivity contribution in [1.29, 1.82) is 0 Å². The van der Waals surface area contributed by atoms with Crippen molar-refractivity contribution in [2.24, 2.45) is 0 Å². The summed E-state index contributed by atoms with van der Waals surface area (Å²) in [6, 6.07) is 13.7. The van der Waals surface area contributed by atoms with Gasteiger partial charge in [0.15, 0.2) is 0 Å². The number of carbonyl (C=O) groups is 1. The Morgan fingerprint density at radius 1 is 1.12 bits per heavy atom. The second-order valence-corrected chi connectivity index (χ2v) is 4.73. The quantitative estimate of drug-likeness (QED) is 0.756. The van der Waals surface area contributed by atoms with Gasteiger partial charge in [0, 0.05) is 23.7 Å². The smallest absolute Gasteiger partial charge is 0.147 e. The molecule has 0 aliphatic carbocycles. The van der Waals surface area contributed by atoms with Crippen LogP contribution in [0.3, 0.4) is 0 Å². The molecule has 1 heterocycles. The molecule has 0 unspecified atom stereocenters. The van der Waals surface area contributed by atoms with Gasteiger partial charge >= 0.3 is 0 Å². The standard InChI is InChI=1S/C14H13NOS/c16-13(9-12-5-4-8-15-10-12)11-17-14-6-2-1-3-7-14/h1-8,10H,9,11H2. The fourth-order valence-corrected chi connectivity index (χ4v) is 2.24. The average Bonchev–Trinajstić information content (AvgIpc) is 2.39. The van der Waals surface area contributed by atoms with Crippen LogP contribution in [0.5, 0.6) is 0 Å². The lowest BCUT2D eigenvalue weighted by Crippen LogP contribution is -2.05.